The molecule has 17 heavy (non-hydrogen) atoms. The minimum atomic E-state index is -0.883. The van der Waals surface area contributed by atoms with Gasteiger partial charge < -0.3 is 9.84 Å². The summed E-state index contributed by atoms with van der Waals surface area (Å²) in [5.74, 6) is 0.172. The lowest BCUT2D eigenvalue weighted by Crippen LogP contribution is -2.32. The third-order valence-corrected chi connectivity index (χ3v) is 3.60. The third-order valence-electron chi connectivity index (χ3n) is 3.60. The number of Topliss-reactive ketones (excluding diaryl/α,β-unsaturated/α-hetero) is 1. The summed E-state index contributed by atoms with van der Waals surface area (Å²) in [6, 6.07) is 7.19. The number of benzene rings is 1. The van der Waals surface area contributed by atoms with Gasteiger partial charge in [0.25, 0.3) is 0 Å². The van der Waals surface area contributed by atoms with E-state index in [2.05, 4.69) is 0 Å². The summed E-state index contributed by atoms with van der Waals surface area (Å²) in [5.41, 5.74) is 0.636. The van der Waals surface area contributed by atoms with E-state index in [1.54, 1.807) is 12.1 Å². The van der Waals surface area contributed by atoms with Gasteiger partial charge in [-0.05, 0) is 25.8 Å². The third kappa shape index (κ3) is 2.40. The number of aliphatic hydroxyl groups is 1. The highest BCUT2D eigenvalue weighted by molar-refractivity contribution is 5.94. The molecule has 0 saturated carbocycles. The van der Waals surface area contributed by atoms with Crippen LogP contribution in [0.2, 0.25) is 0 Å². The lowest BCUT2D eigenvalue weighted by atomic mass is 9.82. The summed E-state index contributed by atoms with van der Waals surface area (Å²) in [4.78, 5) is 11.2. The molecule has 0 aliphatic carbocycles. The molecule has 0 bridgehead atoms. The Morgan fingerprint density at radius 3 is 2.53 bits per heavy atom. The minimum Gasteiger partial charge on any atom is -0.385 e. The lowest BCUT2D eigenvalue weighted by molar-refractivity contribution is -0.00973. The van der Waals surface area contributed by atoms with Crippen molar-refractivity contribution in [3.8, 4) is 0 Å². The first kappa shape index (κ1) is 12.3. The molecular formula is C14H18O3. The molecule has 0 radical (unpaired) electrons. The van der Waals surface area contributed by atoms with Gasteiger partial charge in [0.2, 0.25) is 0 Å². The van der Waals surface area contributed by atoms with Crippen molar-refractivity contribution >= 4 is 5.78 Å². The SMILES string of the molecule is CC(=O)c1ccc(C(C)(O)C2CCOC2)cc1. The van der Waals surface area contributed by atoms with Crippen molar-refractivity contribution in [2.24, 2.45) is 5.92 Å². The van der Waals surface area contributed by atoms with Crippen LogP contribution in [0.25, 0.3) is 0 Å². The molecule has 1 aliphatic rings. The Labute approximate surface area is 101 Å². The van der Waals surface area contributed by atoms with Gasteiger partial charge in [0, 0.05) is 18.1 Å². The maximum Gasteiger partial charge on any atom is 0.159 e. The Hall–Kier alpha value is -1.19. The van der Waals surface area contributed by atoms with Crippen LogP contribution < -0.4 is 0 Å². The minimum absolute atomic E-state index is 0.0420. The topological polar surface area (TPSA) is 46.5 Å². The Bertz CT molecular complexity index is 400. The first-order valence-corrected chi connectivity index (χ1v) is 5.93. The molecule has 2 atom stereocenters. The second kappa shape index (κ2) is 4.59. The molecule has 1 N–H and O–H groups in total. The fourth-order valence-electron chi connectivity index (χ4n) is 2.26. The Morgan fingerprint density at radius 1 is 1.41 bits per heavy atom. The zero-order chi connectivity index (χ0) is 12.5. The normalized spacial score (nSPS) is 23.4. The van der Waals surface area contributed by atoms with Crippen LogP contribution >= 0.6 is 0 Å². The Balaban J connectivity index is 2.23. The first-order valence-electron chi connectivity index (χ1n) is 5.93. The van der Waals surface area contributed by atoms with Gasteiger partial charge in [0.05, 0.1) is 12.2 Å². The van der Waals surface area contributed by atoms with Crippen LogP contribution in [0.5, 0.6) is 0 Å². The van der Waals surface area contributed by atoms with E-state index in [0.717, 1.165) is 12.0 Å². The molecule has 2 rings (SSSR count). The molecule has 1 heterocycles. The van der Waals surface area contributed by atoms with Crippen molar-refractivity contribution in [3.63, 3.8) is 0 Å². The summed E-state index contributed by atoms with van der Waals surface area (Å²) in [7, 11) is 0. The summed E-state index contributed by atoms with van der Waals surface area (Å²) >= 11 is 0. The summed E-state index contributed by atoms with van der Waals surface area (Å²) < 4.78 is 5.31. The Morgan fingerprint density at radius 2 is 2.06 bits per heavy atom. The number of carbonyl (C=O) groups excluding carboxylic acids is 1. The van der Waals surface area contributed by atoms with Crippen molar-refractivity contribution in [2.75, 3.05) is 13.2 Å². The quantitative estimate of drug-likeness (QED) is 0.815. The largest absolute Gasteiger partial charge is 0.385 e. The van der Waals surface area contributed by atoms with Gasteiger partial charge in [-0.2, -0.15) is 0 Å². The summed E-state index contributed by atoms with van der Waals surface area (Å²) in [5, 5.41) is 10.6. The van der Waals surface area contributed by atoms with E-state index in [1.807, 2.05) is 19.1 Å². The molecule has 2 unspecified atom stereocenters. The van der Waals surface area contributed by atoms with Gasteiger partial charge >= 0.3 is 0 Å². The van der Waals surface area contributed by atoms with Gasteiger partial charge in [0.15, 0.2) is 5.78 Å². The molecule has 1 aliphatic heterocycles. The van der Waals surface area contributed by atoms with Crippen molar-refractivity contribution in [1.82, 2.24) is 0 Å². The lowest BCUT2D eigenvalue weighted by Gasteiger charge is -2.29. The number of hydrogen-bond acceptors (Lipinski definition) is 3. The number of carbonyl (C=O) groups is 1. The second-order valence-corrected chi connectivity index (χ2v) is 4.84. The summed E-state index contributed by atoms with van der Waals surface area (Å²) in [6.07, 6.45) is 0.876. The van der Waals surface area contributed by atoms with E-state index in [0.29, 0.717) is 18.8 Å². The van der Waals surface area contributed by atoms with Crippen molar-refractivity contribution in [2.45, 2.75) is 25.9 Å². The smallest absolute Gasteiger partial charge is 0.159 e. The number of hydrogen-bond donors (Lipinski definition) is 1. The van der Waals surface area contributed by atoms with Crippen LogP contribution in [0.4, 0.5) is 0 Å². The highest BCUT2D eigenvalue weighted by Crippen LogP contribution is 2.34. The summed E-state index contributed by atoms with van der Waals surface area (Å²) in [6.45, 7) is 4.67. The Kier molecular flexibility index (Phi) is 3.31. The van der Waals surface area contributed by atoms with E-state index < -0.39 is 5.60 Å². The van der Waals surface area contributed by atoms with Crippen molar-refractivity contribution in [3.05, 3.63) is 35.4 Å². The van der Waals surface area contributed by atoms with Crippen LogP contribution in [0.3, 0.4) is 0 Å². The van der Waals surface area contributed by atoms with E-state index in [1.165, 1.54) is 6.92 Å². The molecule has 0 spiro atoms. The maximum atomic E-state index is 11.2. The van der Waals surface area contributed by atoms with E-state index in [-0.39, 0.29) is 11.7 Å². The average Bonchev–Trinajstić information content (AvgIpc) is 2.83. The van der Waals surface area contributed by atoms with E-state index >= 15 is 0 Å². The molecule has 1 saturated heterocycles. The molecular weight excluding hydrogens is 216 g/mol. The monoisotopic (exact) mass is 234 g/mol. The van der Waals surface area contributed by atoms with Gasteiger partial charge in [-0.25, -0.2) is 0 Å². The first-order chi connectivity index (χ1) is 8.01. The molecule has 3 heteroatoms. The van der Waals surface area contributed by atoms with Crippen LogP contribution in [0, 0.1) is 5.92 Å². The molecule has 92 valence electrons. The standard InChI is InChI=1S/C14H18O3/c1-10(15)11-3-5-12(6-4-11)14(2,16)13-7-8-17-9-13/h3-6,13,16H,7-9H2,1-2H3. The fourth-order valence-corrected chi connectivity index (χ4v) is 2.26. The van der Waals surface area contributed by atoms with Crippen LogP contribution in [-0.4, -0.2) is 24.1 Å². The van der Waals surface area contributed by atoms with Crippen LogP contribution in [0.1, 0.15) is 36.2 Å². The average molecular weight is 234 g/mol. The van der Waals surface area contributed by atoms with Gasteiger partial charge in [-0.1, -0.05) is 24.3 Å². The van der Waals surface area contributed by atoms with E-state index in [4.69, 9.17) is 4.74 Å². The van der Waals surface area contributed by atoms with Gasteiger partial charge in [-0.15, -0.1) is 0 Å². The molecule has 0 aromatic heterocycles. The van der Waals surface area contributed by atoms with Crippen LogP contribution in [-0.2, 0) is 10.3 Å². The maximum absolute atomic E-state index is 11.2. The fraction of sp³-hybridized carbons (Fsp3) is 0.500. The van der Waals surface area contributed by atoms with Gasteiger partial charge in [0.1, 0.15) is 0 Å². The van der Waals surface area contributed by atoms with E-state index in [9.17, 15) is 9.90 Å². The van der Waals surface area contributed by atoms with Crippen molar-refractivity contribution < 1.29 is 14.6 Å². The second-order valence-electron chi connectivity index (χ2n) is 4.84. The molecule has 1 fully saturated rings. The molecule has 1 aromatic rings. The predicted octanol–water partition coefficient (Wildman–Crippen LogP) is 2.13. The molecule has 3 nitrogen and oxygen atoms in total. The number of ether oxygens (including phenoxy) is 1. The van der Waals surface area contributed by atoms with Crippen LogP contribution in [0.15, 0.2) is 24.3 Å². The zero-order valence-corrected chi connectivity index (χ0v) is 10.3. The number of rotatable bonds is 3. The molecule has 0 amide bonds. The van der Waals surface area contributed by atoms with Crippen molar-refractivity contribution in [1.29, 1.82) is 0 Å². The van der Waals surface area contributed by atoms with Gasteiger partial charge in [-0.3, -0.25) is 4.79 Å². The number of ketones is 1. The molecule has 1 aromatic carbocycles. The highest BCUT2D eigenvalue weighted by Gasteiger charge is 2.36. The highest BCUT2D eigenvalue weighted by atomic mass is 16.5. The zero-order valence-electron chi connectivity index (χ0n) is 10.3. The predicted molar refractivity (Wildman–Crippen MR) is 64.9 cm³/mol.